The molecule has 7 heteroatoms. The van der Waals surface area contributed by atoms with Crippen LogP contribution in [0.3, 0.4) is 0 Å². The Bertz CT molecular complexity index is 583. The van der Waals surface area contributed by atoms with Gasteiger partial charge < -0.3 is 10.4 Å². The van der Waals surface area contributed by atoms with Gasteiger partial charge in [0.1, 0.15) is 0 Å². The Morgan fingerprint density at radius 3 is 2.33 bits per heavy atom. The van der Waals surface area contributed by atoms with E-state index in [1.54, 1.807) is 25.1 Å². The van der Waals surface area contributed by atoms with Gasteiger partial charge in [0.25, 0.3) is 0 Å². The minimum atomic E-state index is -3.48. The van der Waals surface area contributed by atoms with Crippen LogP contribution in [0.25, 0.3) is 0 Å². The SMILES string of the molecule is CCC(CS(=O)(=O)c1ccccc1)NC(=O)CCC(=O)O. The first-order valence-corrected chi connectivity index (χ1v) is 8.29. The number of hydrogen-bond acceptors (Lipinski definition) is 4. The summed E-state index contributed by atoms with van der Waals surface area (Å²) < 4.78 is 24.4. The van der Waals surface area contributed by atoms with E-state index in [0.717, 1.165) is 0 Å². The van der Waals surface area contributed by atoms with Crippen molar-refractivity contribution in [2.45, 2.75) is 37.1 Å². The zero-order valence-electron chi connectivity index (χ0n) is 11.8. The van der Waals surface area contributed by atoms with Crippen LogP contribution >= 0.6 is 0 Å². The van der Waals surface area contributed by atoms with Gasteiger partial charge >= 0.3 is 5.97 Å². The molecule has 1 unspecified atom stereocenters. The molecule has 0 radical (unpaired) electrons. The van der Waals surface area contributed by atoms with Crippen molar-refractivity contribution in [2.75, 3.05) is 5.75 Å². The zero-order valence-corrected chi connectivity index (χ0v) is 12.6. The van der Waals surface area contributed by atoms with Crippen LogP contribution < -0.4 is 5.32 Å². The largest absolute Gasteiger partial charge is 0.481 e. The van der Waals surface area contributed by atoms with Crippen molar-refractivity contribution in [3.63, 3.8) is 0 Å². The maximum atomic E-state index is 12.2. The molecule has 1 aromatic carbocycles. The van der Waals surface area contributed by atoms with E-state index in [2.05, 4.69) is 5.32 Å². The smallest absolute Gasteiger partial charge is 0.303 e. The number of carboxylic acids is 1. The fourth-order valence-corrected chi connectivity index (χ4v) is 3.38. The van der Waals surface area contributed by atoms with Crippen molar-refractivity contribution in [3.8, 4) is 0 Å². The molecular weight excluding hydrogens is 294 g/mol. The molecule has 0 aliphatic rings. The average Bonchev–Trinajstić information content (AvgIpc) is 2.45. The Balaban J connectivity index is 2.65. The van der Waals surface area contributed by atoms with Crippen molar-refractivity contribution >= 4 is 21.7 Å². The first-order chi connectivity index (χ1) is 9.85. The Kier molecular flexibility index (Phi) is 6.36. The molecule has 0 fully saturated rings. The van der Waals surface area contributed by atoms with Crippen molar-refractivity contribution in [1.29, 1.82) is 0 Å². The van der Waals surface area contributed by atoms with Crippen LogP contribution in [0.1, 0.15) is 26.2 Å². The third-order valence-corrected chi connectivity index (χ3v) is 4.78. The third kappa shape index (κ3) is 5.95. The lowest BCUT2D eigenvalue weighted by Gasteiger charge is -2.17. The molecule has 0 spiro atoms. The molecule has 0 aliphatic heterocycles. The maximum absolute atomic E-state index is 12.2. The van der Waals surface area contributed by atoms with E-state index in [1.165, 1.54) is 12.1 Å². The average molecular weight is 313 g/mol. The molecule has 0 saturated heterocycles. The van der Waals surface area contributed by atoms with E-state index in [0.29, 0.717) is 6.42 Å². The molecule has 0 aromatic heterocycles. The van der Waals surface area contributed by atoms with E-state index < -0.39 is 27.8 Å². The summed E-state index contributed by atoms with van der Waals surface area (Å²) in [5.74, 6) is -1.71. The number of carbonyl (C=O) groups excluding carboxylic acids is 1. The van der Waals surface area contributed by atoms with Crippen LogP contribution in [0, 0.1) is 0 Å². The van der Waals surface area contributed by atoms with E-state index in [4.69, 9.17) is 5.11 Å². The van der Waals surface area contributed by atoms with E-state index in [-0.39, 0.29) is 23.5 Å². The summed E-state index contributed by atoms with van der Waals surface area (Å²) in [5.41, 5.74) is 0. The number of sulfone groups is 1. The van der Waals surface area contributed by atoms with Crippen LogP contribution in [-0.4, -0.2) is 37.2 Å². The van der Waals surface area contributed by atoms with Gasteiger partial charge in [-0.05, 0) is 18.6 Å². The highest BCUT2D eigenvalue weighted by molar-refractivity contribution is 7.91. The zero-order chi connectivity index (χ0) is 15.9. The Morgan fingerprint density at radius 2 is 1.81 bits per heavy atom. The molecule has 21 heavy (non-hydrogen) atoms. The van der Waals surface area contributed by atoms with Crippen LogP contribution in [0.15, 0.2) is 35.2 Å². The van der Waals surface area contributed by atoms with Gasteiger partial charge in [-0.15, -0.1) is 0 Å². The second-order valence-corrected chi connectivity index (χ2v) is 6.70. The van der Waals surface area contributed by atoms with E-state index in [1.807, 2.05) is 0 Å². The first-order valence-electron chi connectivity index (χ1n) is 6.64. The summed E-state index contributed by atoms with van der Waals surface area (Å²) in [7, 11) is -3.48. The number of amides is 1. The minimum Gasteiger partial charge on any atom is -0.481 e. The molecule has 2 N–H and O–H groups in total. The number of carbonyl (C=O) groups is 2. The number of hydrogen-bond donors (Lipinski definition) is 2. The van der Waals surface area contributed by atoms with Gasteiger partial charge in [0.2, 0.25) is 5.91 Å². The summed E-state index contributed by atoms with van der Waals surface area (Å²) in [6, 6.07) is 7.49. The Morgan fingerprint density at radius 1 is 1.19 bits per heavy atom. The predicted octanol–water partition coefficient (Wildman–Crippen LogP) is 1.22. The molecule has 1 atom stereocenters. The predicted molar refractivity (Wildman–Crippen MR) is 77.6 cm³/mol. The van der Waals surface area contributed by atoms with Crippen molar-refractivity contribution in [2.24, 2.45) is 0 Å². The lowest BCUT2D eigenvalue weighted by atomic mass is 10.2. The number of carboxylic acid groups (broad SMARTS) is 1. The Labute approximate surface area is 124 Å². The molecule has 0 bridgehead atoms. The van der Waals surface area contributed by atoms with Crippen LogP contribution in [-0.2, 0) is 19.4 Å². The van der Waals surface area contributed by atoms with Crippen molar-refractivity contribution in [1.82, 2.24) is 5.32 Å². The van der Waals surface area contributed by atoms with E-state index in [9.17, 15) is 18.0 Å². The van der Waals surface area contributed by atoms with Gasteiger partial charge in [0.15, 0.2) is 9.84 Å². The molecule has 1 rings (SSSR count). The number of benzene rings is 1. The molecule has 6 nitrogen and oxygen atoms in total. The summed E-state index contributed by atoms with van der Waals surface area (Å²) in [5, 5.41) is 11.1. The van der Waals surface area contributed by atoms with Crippen molar-refractivity contribution in [3.05, 3.63) is 30.3 Å². The highest BCUT2D eigenvalue weighted by atomic mass is 32.2. The normalized spacial score (nSPS) is 12.6. The summed E-state index contributed by atoms with van der Waals surface area (Å²) in [6.07, 6.45) is 0.0236. The standard InChI is InChI=1S/C14H19NO5S/c1-2-11(15-13(16)8-9-14(17)18)10-21(19,20)12-6-4-3-5-7-12/h3-7,11H,2,8-10H2,1H3,(H,15,16)(H,17,18). The number of aliphatic carboxylic acids is 1. The number of rotatable bonds is 8. The third-order valence-electron chi connectivity index (χ3n) is 2.95. The summed E-state index contributed by atoms with van der Waals surface area (Å²) >= 11 is 0. The molecule has 1 amide bonds. The van der Waals surface area contributed by atoms with Crippen LogP contribution in [0.4, 0.5) is 0 Å². The van der Waals surface area contributed by atoms with Gasteiger partial charge in [-0.25, -0.2) is 8.42 Å². The molecule has 116 valence electrons. The second kappa shape index (κ2) is 7.78. The molecule has 0 saturated carbocycles. The first kappa shape index (κ1) is 17.2. The van der Waals surface area contributed by atoms with Gasteiger partial charge in [0, 0.05) is 12.5 Å². The highest BCUT2D eigenvalue weighted by Crippen LogP contribution is 2.12. The molecule has 1 aromatic rings. The van der Waals surface area contributed by atoms with Gasteiger partial charge in [-0.3, -0.25) is 9.59 Å². The minimum absolute atomic E-state index is 0.156. The fraction of sp³-hybridized carbons (Fsp3) is 0.429. The topological polar surface area (TPSA) is 101 Å². The van der Waals surface area contributed by atoms with Gasteiger partial charge in [0.05, 0.1) is 17.1 Å². The second-order valence-electron chi connectivity index (χ2n) is 4.66. The highest BCUT2D eigenvalue weighted by Gasteiger charge is 2.21. The van der Waals surface area contributed by atoms with E-state index >= 15 is 0 Å². The molecule has 0 aliphatic carbocycles. The summed E-state index contributed by atoms with van der Waals surface area (Å²) in [6.45, 7) is 1.77. The Hall–Kier alpha value is -1.89. The van der Waals surface area contributed by atoms with Gasteiger partial charge in [-0.2, -0.15) is 0 Å². The fourth-order valence-electron chi connectivity index (χ4n) is 1.77. The van der Waals surface area contributed by atoms with Crippen molar-refractivity contribution < 1.29 is 23.1 Å². The molecular formula is C14H19NO5S. The monoisotopic (exact) mass is 313 g/mol. The van der Waals surface area contributed by atoms with Crippen LogP contribution in [0.2, 0.25) is 0 Å². The maximum Gasteiger partial charge on any atom is 0.303 e. The van der Waals surface area contributed by atoms with Gasteiger partial charge in [-0.1, -0.05) is 25.1 Å². The lowest BCUT2D eigenvalue weighted by molar-refractivity contribution is -0.138. The quantitative estimate of drug-likeness (QED) is 0.751. The molecule has 0 heterocycles. The number of nitrogens with one attached hydrogen (secondary N) is 1. The van der Waals surface area contributed by atoms with Crippen LogP contribution in [0.5, 0.6) is 0 Å². The lowest BCUT2D eigenvalue weighted by Crippen LogP contribution is -2.39. The summed E-state index contributed by atoms with van der Waals surface area (Å²) in [4.78, 5) is 22.2.